The number of nitrogens with zero attached hydrogens (tertiary/aromatic N) is 1. The Balaban J connectivity index is 1.83. The molecule has 0 saturated heterocycles. The minimum Gasteiger partial charge on any atom is -0.497 e. The Bertz CT molecular complexity index is 680. The SMILES string of the molecule is COc1ccc(OCCS(=O)(=O)Nc2nc(C)cs2)cc1. The first-order valence-electron chi connectivity index (χ1n) is 6.18. The summed E-state index contributed by atoms with van der Waals surface area (Å²) in [6, 6.07) is 6.95. The van der Waals surface area contributed by atoms with Crippen molar-refractivity contribution >= 4 is 26.5 Å². The highest BCUT2D eigenvalue weighted by atomic mass is 32.2. The van der Waals surface area contributed by atoms with Crippen LogP contribution in [0.5, 0.6) is 11.5 Å². The van der Waals surface area contributed by atoms with Gasteiger partial charge in [-0.15, -0.1) is 11.3 Å². The van der Waals surface area contributed by atoms with E-state index in [0.717, 1.165) is 11.4 Å². The molecule has 1 aromatic heterocycles. The molecule has 0 aliphatic rings. The van der Waals surface area contributed by atoms with Gasteiger partial charge in [-0.3, -0.25) is 4.72 Å². The van der Waals surface area contributed by atoms with Crippen LogP contribution in [0, 0.1) is 6.92 Å². The summed E-state index contributed by atoms with van der Waals surface area (Å²) in [7, 11) is -1.88. The smallest absolute Gasteiger partial charge is 0.237 e. The van der Waals surface area contributed by atoms with E-state index in [2.05, 4.69) is 9.71 Å². The average molecular weight is 328 g/mol. The third-order valence-electron chi connectivity index (χ3n) is 2.54. The number of aryl methyl sites for hydroxylation is 1. The van der Waals surface area contributed by atoms with Gasteiger partial charge in [-0.2, -0.15) is 0 Å². The molecule has 0 bridgehead atoms. The minimum atomic E-state index is -3.46. The number of sulfonamides is 1. The second kappa shape index (κ2) is 6.77. The van der Waals surface area contributed by atoms with Crippen LogP contribution in [0.2, 0.25) is 0 Å². The highest BCUT2D eigenvalue weighted by Crippen LogP contribution is 2.18. The van der Waals surface area contributed by atoms with Gasteiger partial charge in [-0.25, -0.2) is 13.4 Å². The van der Waals surface area contributed by atoms with Crippen LogP contribution in [0.4, 0.5) is 5.13 Å². The fraction of sp³-hybridized carbons (Fsp3) is 0.308. The first-order chi connectivity index (χ1) is 9.98. The molecule has 0 fully saturated rings. The van der Waals surface area contributed by atoms with Gasteiger partial charge in [-0.05, 0) is 31.2 Å². The highest BCUT2D eigenvalue weighted by Gasteiger charge is 2.12. The van der Waals surface area contributed by atoms with Crippen LogP contribution >= 0.6 is 11.3 Å². The molecule has 0 amide bonds. The van der Waals surface area contributed by atoms with Crippen molar-refractivity contribution in [2.75, 3.05) is 24.2 Å². The first-order valence-corrected chi connectivity index (χ1v) is 8.71. The zero-order valence-corrected chi connectivity index (χ0v) is 13.3. The molecule has 8 heteroatoms. The van der Waals surface area contributed by atoms with Gasteiger partial charge in [0.25, 0.3) is 0 Å². The first kappa shape index (κ1) is 15.6. The summed E-state index contributed by atoms with van der Waals surface area (Å²) in [5, 5.41) is 2.16. The Hall–Kier alpha value is -1.80. The molecular weight excluding hydrogens is 312 g/mol. The number of anilines is 1. The van der Waals surface area contributed by atoms with Gasteiger partial charge >= 0.3 is 0 Å². The molecule has 1 aromatic carbocycles. The van der Waals surface area contributed by atoms with Crippen LogP contribution in [0.1, 0.15) is 5.69 Å². The van der Waals surface area contributed by atoms with Crippen LogP contribution in [-0.4, -0.2) is 32.9 Å². The van der Waals surface area contributed by atoms with Gasteiger partial charge in [0, 0.05) is 5.38 Å². The Morgan fingerprint density at radius 1 is 1.24 bits per heavy atom. The van der Waals surface area contributed by atoms with E-state index in [4.69, 9.17) is 9.47 Å². The molecule has 114 valence electrons. The van der Waals surface area contributed by atoms with Gasteiger partial charge in [-0.1, -0.05) is 0 Å². The standard InChI is InChI=1S/C13H16N2O4S2/c1-10-9-20-13(14-10)15-21(16,17)8-7-19-12-5-3-11(18-2)4-6-12/h3-6,9H,7-8H2,1-2H3,(H,14,15). The molecule has 0 atom stereocenters. The van der Waals surface area contributed by atoms with Crippen molar-refractivity contribution in [2.24, 2.45) is 0 Å². The van der Waals surface area contributed by atoms with E-state index in [1.165, 1.54) is 11.3 Å². The summed E-state index contributed by atoms with van der Waals surface area (Å²) in [4.78, 5) is 4.05. The fourth-order valence-electron chi connectivity index (χ4n) is 1.53. The lowest BCUT2D eigenvalue weighted by Gasteiger charge is -2.08. The lowest BCUT2D eigenvalue weighted by Crippen LogP contribution is -2.21. The molecule has 0 unspecified atom stereocenters. The molecule has 2 aromatic rings. The second-order valence-corrected chi connectivity index (χ2v) is 6.94. The fourth-order valence-corrected chi connectivity index (χ4v) is 3.35. The summed E-state index contributed by atoms with van der Waals surface area (Å²) in [5.41, 5.74) is 0.784. The van der Waals surface area contributed by atoms with E-state index in [-0.39, 0.29) is 12.4 Å². The number of aromatic nitrogens is 1. The quantitative estimate of drug-likeness (QED) is 0.844. The molecule has 0 saturated carbocycles. The lowest BCUT2D eigenvalue weighted by atomic mass is 10.3. The molecular formula is C13H16N2O4S2. The van der Waals surface area contributed by atoms with E-state index in [0.29, 0.717) is 10.9 Å². The molecule has 0 aliphatic heterocycles. The second-order valence-electron chi connectivity index (χ2n) is 4.24. The maximum atomic E-state index is 11.9. The van der Waals surface area contributed by atoms with Crippen LogP contribution in [0.15, 0.2) is 29.6 Å². The summed E-state index contributed by atoms with van der Waals surface area (Å²) >= 11 is 1.25. The highest BCUT2D eigenvalue weighted by molar-refractivity contribution is 7.92. The predicted octanol–water partition coefficient (Wildman–Crippen LogP) is 2.28. The third kappa shape index (κ3) is 4.91. The van der Waals surface area contributed by atoms with Crippen molar-refractivity contribution < 1.29 is 17.9 Å². The number of nitrogens with one attached hydrogen (secondary N) is 1. The maximum Gasteiger partial charge on any atom is 0.237 e. The van der Waals surface area contributed by atoms with Crippen molar-refractivity contribution in [3.8, 4) is 11.5 Å². The molecule has 0 radical (unpaired) electrons. The topological polar surface area (TPSA) is 77.5 Å². The van der Waals surface area contributed by atoms with Crippen molar-refractivity contribution in [3.05, 3.63) is 35.3 Å². The lowest BCUT2D eigenvalue weighted by molar-refractivity contribution is 0.340. The van der Waals surface area contributed by atoms with Gasteiger partial charge < -0.3 is 9.47 Å². The maximum absolute atomic E-state index is 11.9. The van der Waals surface area contributed by atoms with Crippen LogP contribution in [0.3, 0.4) is 0 Å². The van der Waals surface area contributed by atoms with E-state index in [1.54, 1.807) is 43.7 Å². The predicted molar refractivity (Wildman–Crippen MR) is 82.7 cm³/mol. The zero-order valence-electron chi connectivity index (χ0n) is 11.7. The molecule has 2 rings (SSSR count). The Labute approximate surface area is 127 Å². The number of methoxy groups -OCH3 is 1. The van der Waals surface area contributed by atoms with Gasteiger partial charge in [0.2, 0.25) is 10.0 Å². The van der Waals surface area contributed by atoms with E-state index in [9.17, 15) is 8.42 Å². The number of hydrogen-bond acceptors (Lipinski definition) is 6. The molecule has 0 aliphatic carbocycles. The number of rotatable bonds is 7. The van der Waals surface area contributed by atoms with Gasteiger partial charge in [0.15, 0.2) is 5.13 Å². The molecule has 0 spiro atoms. The number of ether oxygens (including phenoxy) is 2. The van der Waals surface area contributed by atoms with Crippen molar-refractivity contribution in [2.45, 2.75) is 6.92 Å². The van der Waals surface area contributed by atoms with E-state index < -0.39 is 10.0 Å². The molecule has 1 heterocycles. The van der Waals surface area contributed by atoms with Crippen LogP contribution < -0.4 is 14.2 Å². The van der Waals surface area contributed by atoms with Gasteiger partial charge in [0.1, 0.15) is 23.9 Å². The molecule has 21 heavy (non-hydrogen) atoms. The summed E-state index contributed by atoms with van der Waals surface area (Å²) in [5.74, 6) is 1.17. The summed E-state index contributed by atoms with van der Waals surface area (Å²) in [6.07, 6.45) is 0. The number of benzene rings is 1. The van der Waals surface area contributed by atoms with Crippen LogP contribution in [0.25, 0.3) is 0 Å². The zero-order chi connectivity index (χ0) is 15.3. The molecule has 6 nitrogen and oxygen atoms in total. The average Bonchev–Trinajstić information content (AvgIpc) is 2.84. The van der Waals surface area contributed by atoms with Crippen molar-refractivity contribution in [3.63, 3.8) is 0 Å². The number of hydrogen-bond donors (Lipinski definition) is 1. The number of thiazole rings is 1. The Morgan fingerprint density at radius 3 is 2.48 bits per heavy atom. The van der Waals surface area contributed by atoms with Crippen LogP contribution in [-0.2, 0) is 10.0 Å². The normalized spacial score (nSPS) is 11.1. The van der Waals surface area contributed by atoms with Gasteiger partial charge in [0.05, 0.1) is 12.8 Å². The third-order valence-corrected chi connectivity index (χ3v) is 4.76. The molecule has 1 N–H and O–H groups in total. The van der Waals surface area contributed by atoms with E-state index in [1.807, 2.05) is 0 Å². The Kier molecular flexibility index (Phi) is 5.03. The Morgan fingerprint density at radius 2 is 1.90 bits per heavy atom. The monoisotopic (exact) mass is 328 g/mol. The van der Waals surface area contributed by atoms with Crippen molar-refractivity contribution in [1.82, 2.24) is 4.98 Å². The summed E-state index contributed by atoms with van der Waals surface area (Å²) < 4.78 is 36.6. The van der Waals surface area contributed by atoms with Crippen molar-refractivity contribution in [1.29, 1.82) is 0 Å². The minimum absolute atomic E-state index is 0.0615. The van der Waals surface area contributed by atoms with E-state index >= 15 is 0 Å². The largest absolute Gasteiger partial charge is 0.497 e. The summed E-state index contributed by atoms with van der Waals surface area (Å²) in [6.45, 7) is 1.87.